The molecular formula is C20H19N3O4S. The molecule has 0 saturated carbocycles. The first kappa shape index (κ1) is 18.5. The third-order valence-electron chi connectivity index (χ3n) is 5.06. The van der Waals surface area contributed by atoms with E-state index in [0.717, 1.165) is 9.78 Å². The van der Waals surface area contributed by atoms with Crippen molar-refractivity contribution < 1.29 is 19.2 Å². The largest absolute Gasteiger partial charge is 0.339 e. The summed E-state index contributed by atoms with van der Waals surface area (Å²) in [7, 11) is 0. The minimum atomic E-state index is -0.422. The van der Waals surface area contributed by atoms with Gasteiger partial charge in [0.15, 0.2) is 5.78 Å². The second kappa shape index (κ2) is 7.65. The number of nitrogens with zero attached hydrogens (tertiary/aromatic N) is 3. The van der Waals surface area contributed by atoms with E-state index in [1.807, 2.05) is 22.4 Å². The molecule has 8 heteroatoms. The van der Waals surface area contributed by atoms with Gasteiger partial charge in [0.05, 0.1) is 22.5 Å². The molecule has 0 spiro atoms. The van der Waals surface area contributed by atoms with Crippen molar-refractivity contribution in [2.24, 2.45) is 0 Å². The molecule has 0 N–H and O–H groups in total. The number of thiophene rings is 1. The lowest BCUT2D eigenvalue weighted by atomic mass is 10.1. The number of carbonyl (C=O) groups excluding carboxylic acids is 4. The standard InChI is InChI=1S/C20H19N3O4S/c24-16(17-6-3-11-28-17)12-21-7-9-22(10-8-21)18(25)13-23-19(26)14-4-1-2-5-15(14)20(23)27/h1-6,11H,7-10,12-13H2. The lowest BCUT2D eigenvalue weighted by Crippen LogP contribution is -2.52. The number of Topliss-reactive ketones (excluding diaryl/α,β-unsaturated/α-hetero) is 1. The van der Waals surface area contributed by atoms with Crippen LogP contribution in [0.3, 0.4) is 0 Å². The Morgan fingerprint density at radius 1 is 0.857 bits per heavy atom. The molecule has 3 heterocycles. The Morgan fingerprint density at radius 3 is 2.07 bits per heavy atom. The van der Waals surface area contributed by atoms with Crippen LogP contribution in [-0.4, -0.2) is 77.5 Å². The van der Waals surface area contributed by atoms with Gasteiger partial charge in [-0.2, -0.15) is 0 Å². The molecule has 1 aromatic carbocycles. The zero-order valence-corrected chi connectivity index (χ0v) is 16.0. The van der Waals surface area contributed by atoms with E-state index in [-0.39, 0.29) is 18.2 Å². The van der Waals surface area contributed by atoms with Gasteiger partial charge in [-0.05, 0) is 23.6 Å². The highest BCUT2D eigenvalue weighted by Gasteiger charge is 2.37. The highest BCUT2D eigenvalue weighted by molar-refractivity contribution is 7.12. The average Bonchev–Trinajstić information content (AvgIpc) is 3.33. The molecule has 0 radical (unpaired) electrons. The predicted molar refractivity (Wildman–Crippen MR) is 103 cm³/mol. The average molecular weight is 397 g/mol. The molecule has 1 saturated heterocycles. The van der Waals surface area contributed by atoms with Gasteiger partial charge in [0.2, 0.25) is 5.91 Å². The first-order valence-electron chi connectivity index (χ1n) is 9.06. The summed E-state index contributed by atoms with van der Waals surface area (Å²) >= 11 is 1.43. The Kier molecular flexibility index (Phi) is 5.06. The van der Waals surface area contributed by atoms with Crippen LogP contribution < -0.4 is 0 Å². The Hall–Kier alpha value is -2.84. The smallest absolute Gasteiger partial charge is 0.262 e. The number of amides is 3. The topological polar surface area (TPSA) is 78.0 Å². The van der Waals surface area contributed by atoms with Crippen LogP contribution in [0.4, 0.5) is 0 Å². The molecule has 2 aliphatic heterocycles. The molecule has 28 heavy (non-hydrogen) atoms. The fourth-order valence-electron chi connectivity index (χ4n) is 3.49. The van der Waals surface area contributed by atoms with Crippen molar-refractivity contribution in [2.45, 2.75) is 0 Å². The van der Waals surface area contributed by atoms with E-state index in [1.54, 1.807) is 29.2 Å². The summed E-state index contributed by atoms with van der Waals surface area (Å²) < 4.78 is 0. The molecule has 2 aliphatic rings. The SMILES string of the molecule is O=C(CN1CCN(C(=O)CN2C(=O)c3ccccc3C2=O)CC1)c1cccs1. The number of imide groups is 1. The van der Waals surface area contributed by atoms with E-state index in [0.29, 0.717) is 43.9 Å². The number of fused-ring (bicyclic) bond motifs is 1. The maximum atomic E-state index is 12.6. The summed E-state index contributed by atoms with van der Waals surface area (Å²) in [6, 6.07) is 10.3. The van der Waals surface area contributed by atoms with Gasteiger partial charge >= 0.3 is 0 Å². The molecular weight excluding hydrogens is 378 g/mol. The van der Waals surface area contributed by atoms with Crippen molar-refractivity contribution in [3.63, 3.8) is 0 Å². The first-order valence-corrected chi connectivity index (χ1v) is 9.94. The Balaban J connectivity index is 1.31. The number of hydrogen-bond donors (Lipinski definition) is 0. The molecule has 0 aliphatic carbocycles. The molecule has 2 aromatic rings. The van der Waals surface area contributed by atoms with Crippen molar-refractivity contribution in [2.75, 3.05) is 39.3 Å². The van der Waals surface area contributed by atoms with Crippen LogP contribution in [0.5, 0.6) is 0 Å². The fraction of sp³-hybridized carbons (Fsp3) is 0.300. The van der Waals surface area contributed by atoms with Crippen molar-refractivity contribution in [3.8, 4) is 0 Å². The number of benzene rings is 1. The number of carbonyl (C=O) groups is 4. The van der Waals surface area contributed by atoms with E-state index >= 15 is 0 Å². The van der Waals surface area contributed by atoms with E-state index in [2.05, 4.69) is 0 Å². The molecule has 7 nitrogen and oxygen atoms in total. The van der Waals surface area contributed by atoms with Gasteiger partial charge in [0.1, 0.15) is 6.54 Å². The normalized spacial score (nSPS) is 17.1. The monoisotopic (exact) mass is 397 g/mol. The maximum absolute atomic E-state index is 12.6. The summed E-state index contributed by atoms with van der Waals surface area (Å²) in [5.74, 6) is -1.01. The van der Waals surface area contributed by atoms with Crippen LogP contribution in [0.1, 0.15) is 30.4 Å². The lowest BCUT2D eigenvalue weighted by molar-refractivity contribution is -0.133. The lowest BCUT2D eigenvalue weighted by Gasteiger charge is -2.34. The van der Waals surface area contributed by atoms with Gasteiger partial charge < -0.3 is 4.90 Å². The summed E-state index contributed by atoms with van der Waals surface area (Å²) in [6.07, 6.45) is 0. The summed E-state index contributed by atoms with van der Waals surface area (Å²) in [5.41, 5.74) is 0.689. The van der Waals surface area contributed by atoms with Crippen LogP contribution in [0.15, 0.2) is 41.8 Å². The van der Waals surface area contributed by atoms with E-state index in [1.165, 1.54) is 11.3 Å². The Bertz CT molecular complexity index is 898. The third-order valence-corrected chi connectivity index (χ3v) is 5.97. The zero-order valence-electron chi connectivity index (χ0n) is 15.2. The number of ketones is 1. The van der Waals surface area contributed by atoms with Gasteiger partial charge in [-0.1, -0.05) is 18.2 Å². The van der Waals surface area contributed by atoms with Crippen LogP contribution in [0.2, 0.25) is 0 Å². The Morgan fingerprint density at radius 2 is 1.50 bits per heavy atom. The summed E-state index contributed by atoms with van der Waals surface area (Å²) in [6.45, 7) is 2.21. The van der Waals surface area contributed by atoms with E-state index in [9.17, 15) is 19.2 Å². The van der Waals surface area contributed by atoms with Crippen molar-refractivity contribution >= 4 is 34.8 Å². The van der Waals surface area contributed by atoms with E-state index < -0.39 is 11.8 Å². The van der Waals surface area contributed by atoms with Crippen molar-refractivity contribution in [3.05, 3.63) is 57.8 Å². The van der Waals surface area contributed by atoms with Crippen LogP contribution in [0, 0.1) is 0 Å². The van der Waals surface area contributed by atoms with Gasteiger partial charge in [-0.3, -0.25) is 29.0 Å². The van der Waals surface area contributed by atoms with Gasteiger partial charge in [0.25, 0.3) is 11.8 Å². The third kappa shape index (κ3) is 3.48. The van der Waals surface area contributed by atoms with Gasteiger partial charge in [-0.15, -0.1) is 11.3 Å². The van der Waals surface area contributed by atoms with Crippen LogP contribution in [-0.2, 0) is 4.79 Å². The second-order valence-corrected chi connectivity index (χ2v) is 7.75. The molecule has 4 rings (SSSR count). The maximum Gasteiger partial charge on any atom is 0.262 e. The van der Waals surface area contributed by atoms with E-state index in [4.69, 9.17) is 0 Å². The summed E-state index contributed by atoms with van der Waals surface area (Å²) in [4.78, 5) is 55.0. The second-order valence-electron chi connectivity index (χ2n) is 6.80. The number of rotatable bonds is 5. The number of piperazine rings is 1. The quantitative estimate of drug-likeness (QED) is 0.563. The molecule has 0 bridgehead atoms. The van der Waals surface area contributed by atoms with Crippen molar-refractivity contribution in [1.29, 1.82) is 0 Å². The molecule has 1 aromatic heterocycles. The minimum Gasteiger partial charge on any atom is -0.339 e. The first-order chi connectivity index (χ1) is 13.5. The number of hydrogen-bond acceptors (Lipinski definition) is 6. The highest BCUT2D eigenvalue weighted by Crippen LogP contribution is 2.22. The summed E-state index contributed by atoms with van der Waals surface area (Å²) in [5, 5.41) is 1.88. The zero-order chi connectivity index (χ0) is 19.7. The Labute approximate surface area is 166 Å². The highest BCUT2D eigenvalue weighted by atomic mass is 32.1. The molecule has 144 valence electrons. The molecule has 0 atom stereocenters. The molecule has 3 amide bonds. The van der Waals surface area contributed by atoms with Crippen LogP contribution >= 0.6 is 11.3 Å². The van der Waals surface area contributed by atoms with Crippen molar-refractivity contribution in [1.82, 2.24) is 14.7 Å². The minimum absolute atomic E-state index is 0.0841. The molecule has 1 fully saturated rings. The van der Waals surface area contributed by atoms with Gasteiger partial charge in [0, 0.05) is 26.2 Å². The fourth-order valence-corrected chi connectivity index (χ4v) is 4.15. The predicted octanol–water partition coefficient (Wildman–Crippen LogP) is 1.37. The molecule has 0 unspecified atom stereocenters. The van der Waals surface area contributed by atoms with Gasteiger partial charge in [-0.25, -0.2) is 0 Å². The van der Waals surface area contributed by atoms with Crippen LogP contribution in [0.25, 0.3) is 0 Å².